The first-order valence-electron chi connectivity index (χ1n) is 4.49. The van der Waals surface area contributed by atoms with Crippen LogP contribution in [0.2, 0.25) is 0 Å². The van der Waals surface area contributed by atoms with Crippen molar-refractivity contribution < 1.29 is 14.3 Å². The summed E-state index contributed by atoms with van der Waals surface area (Å²) < 4.78 is 10.0. The number of hydrogen-bond acceptors (Lipinski definition) is 4. The van der Waals surface area contributed by atoms with Gasteiger partial charge in [-0.15, -0.1) is 0 Å². The Labute approximate surface area is 81.9 Å². The predicted octanol–water partition coefficient (Wildman–Crippen LogP) is 1.47. The van der Waals surface area contributed by atoms with Gasteiger partial charge in [-0.3, -0.25) is 4.79 Å². The van der Waals surface area contributed by atoms with Crippen molar-refractivity contribution >= 4 is 5.97 Å². The van der Waals surface area contributed by atoms with E-state index in [-0.39, 0.29) is 12.1 Å². The Kier molecular flexibility index (Phi) is 2.35. The summed E-state index contributed by atoms with van der Waals surface area (Å²) in [6, 6.07) is 3.64. The molecular formula is C10H11NO3. The van der Waals surface area contributed by atoms with Gasteiger partial charge < -0.3 is 9.47 Å². The molecule has 1 aromatic heterocycles. The first-order valence-corrected chi connectivity index (χ1v) is 4.49. The smallest absolute Gasteiger partial charge is 0.306 e. The van der Waals surface area contributed by atoms with Gasteiger partial charge in [0.25, 0.3) is 0 Å². The van der Waals surface area contributed by atoms with Crippen LogP contribution in [0, 0.1) is 0 Å². The van der Waals surface area contributed by atoms with Crippen molar-refractivity contribution in [3.63, 3.8) is 0 Å². The number of pyridine rings is 1. The van der Waals surface area contributed by atoms with E-state index in [4.69, 9.17) is 9.47 Å². The minimum atomic E-state index is -0.134. The second-order valence-corrected chi connectivity index (χ2v) is 3.15. The summed E-state index contributed by atoms with van der Waals surface area (Å²) in [4.78, 5) is 14.9. The summed E-state index contributed by atoms with van der Waals surface area (Å²) in [7, 11) is 1.57. The van der Waals surface area contributed by atoms with E-state index in [0.29, 0.717) is 12.3 Å². The summed E-state index contributed by atoms with van der Waals surface area (Å²) in [6.45, 7) is 0. The van der Waals surface area contributed by atoms with Crippen molar-refractivity contribution in [2.24, 2.45) is 0 Å². The highest BCUT2D eigenvalue weighted by atomic mass is 16.5. The van der Waals surface area contributed by atoms with Gasteiger partial charge in [0.15, 0.2) is 0 Å². The normalized spacial score (nSPS) is 20.6. The highest BCUT2D eigenvalue weighted by molar-refractivity contribution is 5.71. The van der Waals surface area contributed by atoms with Crippen LogP contribution >= 0.6 is 0 Å². The van der Waals surface area contributed by atoms with Crippen molar-refractivity contribution in [2.45, 2.75) is 18.9 Å². The minimum absolute atomic E-state index is 0.124. The standard InChI is InChI=1S/C10H11NO3/c1-13-9-4-2-7(6-11-9)8-3-5-10(12)14-8/h2,4,6,8H,3,5H2,1H3. The van der Waals surface area contributed by atoms with Crippen molar-refractivity contribution in [2.75, 3.05) is 7.11 Å². The van der Waals surface area contributed by atoms with Crippen molar-refractivity contribution in [3.05, 3.63) is 23.9 Å². The molecule has 1 atom stereocenters. The van der Waals surface area contributed by atoms with Crippen molar-refractivity contribution in [1.29, 1.82) is 0 Å². The number of carbonyl (C=O) groups is 1. The molecule has 0 amide bonds. The van der Waals surface area contributed by atoms with Crippen molar-refractivity contribution in [3.8, 4) is 5.88 Å². The Morgan fingerprint density at radius 3 is 2.93 bits per heavy atom. The summed E-state index contributed by atoms with van der Waals surface area (Å²) in [6.07, 6.45) is 2.80. The third-order valence-corrected chi connectivity index (χ3v) is 2.22. The van der Waals surface area contributed by atoms with E-state index in [1.54, 1.807) is 19.4 Å². The van der Waals surface area contributed by atoms with Gasteiger partial charge in [0.2, 0.25) is 5.88 Å². The average Bonchev–Trinajstić information content (AvgIpc) is 2.65. The molecule has 1 aromatic rings. The Hall–Kier alpha value is -1.58. The third-order valence-electron chi connectivity index (χ3n) is 2.22. The lowest BCUT2D eigenvalue weighted by molar-refractivity contribution is -0.141. The fraction of sp³-hybridized carbons (Fsp3) is 0.400. The Morgan fingerprint density at radius 1 is 1.57 bits per heavy atom. The van der Waals surface area contributed by atoms with Crippen LogP contribution in [0.1, 0.15) is 24.5 Å². The molecule has 0 N–H and O–H groups in total. The summed E-state index contributed by atoms with van der Waals surface area (Å²) in [5.41, 5.74) is 0.927. The van der Waals surface area contributed by atoms with Gasteiger partial charge in [0, 0.05) is 24.2 Å². The van der Waals surface area contributed by atoms with Crippen LogP contribution in [0.15, 0.2) is 18.3 Å². The van der Waals surface area contributed by atoms with Crippen LogP contribution in [0.3, 0.4) is 0 Å². The first-order chi connectivity index (χ1) is 6.79. The lowest BCUT2D eigenvalue weighted by atomic mass is 10.1. The van der Waals surface area contributed by atoms with E-state index in [1.807, 2.05) is 6.07 Å². The molecule has 0 saturated carbocycles. The van der Waals surface area contributed by atoms with Crippen LogP contribution in [-0.4, -0.2) is 18.1 Å². The topological polar surface area (TPSA) is 48.4 Å². The van der Waals surface area contributed by atoms with Gasteiger partial charge in [-0.2, -0.15) is 0 Å². The van der Waals surface area contributed by atoms with Crippen LogP contribution < -0.4 is 4.74 Å². The quantitative estimate of drug-likeness (QED) is 0.667. The molecule has 1 aliphatic rings. The maximum atomic E-state index is 10.9. The maximum Gasteiger partial charge on any atom is 0.306 e. The Bertz CT molecular complexity index is 334. The maximum absolute atomic E-state index is 10.9. The highest BCUT2D eigenvalue weighted by Gasteiger charge is 2.24. The molecule has 1 saturated heterocycles. The molecule has 0 spiro atoms. The van der Waals surface area contributed by atoms with E-state index in [0.717, 1.165) is 12.0 Å². The molecule has 2 rings (SSSR count). The molecule has 2 heterocycles. The number of cyclic esters (lactones) is 1. The number of aromatic nitrogens is 1. The van der Waals surface area contributed by atoms with Crippen LogP contribution in [0.25, 0.3) is 0 Å². The van der Waals surface area contributed by atoms with Gasteiger partial charge in [-0.25, -0.2) is 4.98 Å². The lowest BCUT2D eigenvalue weighted by Gasteiger charge is -2.08. The predicted molar refractivity (Wildman–Crippen MR) is 48.9 cm³/mol. The zero-order valence-corrected chi connectivity index (χ0v) is 7.90. The largest absolute Gasteiger partial charge is 0.481 e. The minimum Gasteiger partial charge on any atom is -0.481 e. The number of rotatable bonds is 2. The molecule has 1 unspecified atom stereocenters. The molecule has 74 valence electrons. The summed E-state index contributed by atoms with van der Waals surface area (Å²) in [5, 5.41) is 0. The van der Waals surface area contributed by atoms with Crippen molar-refractivity contribution in [1.82, 2.24) is 4.98 Å². The molecular weight excluding hydrogens is 182 g/mol. The Balaban J connectivity index is 2.13. The second-order valence-electron chi connectivity index (χ2n) is 3.15. The molecule has 0 radical (unpaired) electrons. The molecule has 4 nitrogen and oxygen atoms in total. The van der Waals surface area contributed by atoms with Crippen LogP contribution in [0.5, 0.6) is 5.88 Å². The lowest BCUT2D eigenvalue weighted by Crippen LogP contribution is -1.99. The van der Waals surface area contributed by atoms with E-state index >= 15 is 0 Å². The van der Waals surface area contributed by atoms with E-state index in [1.165, 1.54) is 0 Å². The van der Waals surface area contributed by atoms with Gasteiger partial charge in [0.05, 0.1) is 7.11 Å². The van der Waals surface area contributed by atoms with Gasteiger partial charge >= 0.3 is 5.97 Å². The van der Waals surface area contributed by atoms with E-state index < -0.39 is 0 Å². The van der Waals surface area contributed by atoms with Gasteiger partial charge in [-0.05, 0) is 12.5 Å². The van der Waals surface area contributed by atoms with Gasteiger partial charge in [0.1, 0.15) is 6.10 Å². The monoisotopic (exact) mass is 193 g/mol. The third kappa shape index (κ3) is 1.69. The van der Waals surface area contributed by atoms with E-state index in [9.17, 15) is 4.79 Å². The van der Waals surface area contributed by atoms with Gasteiger partial charge in [-0.1, -0.05) is 0 Å². The second kappa shape index (κ2) is 3.65. The highest BCUT2D eigenvalue weighted by Crippen LogP contribution is 2.29. The number of nitrogens with zero attached hydrogens (tertiary/aromatic N) is 1. The Morgan fingerprint density at radius 2 is 2.43 bits per heavy atom. The zero-order chi connectivity index (χ0) is 9.97. The van der Waals surface area contributed by atoms with Crippen LogP contribution in [-0.2, 0) is 9.53 Å². The molecule has 0 aliphatic carbocycles. The number of carbonyl (C=O) groups excluding carboxylic acids is 1. The number of esters is 1. The van der Waals surface area contributed by atoms with Crippen LogP contribution in [0.4, 0.5) is 0 Å². The number of methoxy groups -OCH3 is 1. The molecule has 0 bridgehead atoms. The SMILES string of the molecule is COc1ccc(C2CCC(=O)O2)cn1. The molecule has 14 heavy (non-hydrogen) atoms. The summed E-state index contributed by atoms with van der Waals surface area (Å²) >= 11 is 0. The fourth-order valence-electron chi connectivity index (χ4n) is 1.46. The zero-order valence-electron chi connectivity index (χ0n) is 7.90. The number of hydrogen-bond donors (Lipinski definition) is 0. The fourth-order valence-corrected chi connectivity index (χ4v) is 1.46. The summed E-state index contributed by atoms with van der Waals surface area (Å²) in [5.74, 6) is 0.434. The molecule has 0 aromatic carbocycles. The van der Waals surface area contributed by atoms with E-state index in [2.05, 4.69) is 4.98 Å². The first kappa shape index (κ1) is 8.99. The molecule has 1 fully saturated rings. The molecule has 1 aliphatic heterocycles. The number of ether oxygens (including phenoxy) is 2. The average molecular weight is 193 g/mol. The molecule has 4 heteroatoms.